The van der Waals surface area contributed by atoms with Crippen LogP contribution in [0.2, 0.25) is 0 Å². The Kier molecular flexibility index (Phi) is 5.06. The highest BCUT2D eigenvalue weighted by molar-refractivity contribution is 7.11. The lowest BCUT2D eigenvalue weighted by molar-refractivity contribution is -0.135. The second-order valence-electron chi connectivity index (χ2n) is 6.47. The number of aromatic nitrogens is 2. The van der Waals surface area contributed by atoms with Crippen molar-refractivity contribution >= 4 is 17.2 Å². The van der Waals surface area contributed by atoms with Gasteiger partial charge >= 0.3 is 0 Å². The van der Waals surface area contributed by atoms with Gasteiger partial charge in [0.25, 0.3) is 0 Å². The predicted molar refractivity (Wildman–Crippen MR) is 92.6 cm³/mol. The minimum atomic E-state index is 0.0665. The lowest BCUT2D eigenvalue weighted by Crippen LogP contribution is -2.41. The van der Waals surface area contributed by atoms with Crippen LogP contribution in [0.3, 0.4) is 0 Å². The molecule has 5 heteroatoms. The van der Waals surface area contributed by atoms with E-state index in [9.17, 15) is 4.79 Å². The van der Waals surface area contributed by atoms with Gasteiger partial charge in [-0.3, -0.25) is 4.79 Å². The minimum Gasteiger partial charge on any atom is -0.342 e. The molecule has 0 radical (unpaired) electrons. The molecule has 1 unspecified atom stereocenters. The summed E-state index contributed by atoms with van der Waals surface area (Å²) in [6.45, 7) is 5.60. The number of hydrogen-bond acceptors (Lipinski definition) is 4. The molecule has 0 spiro atoms. The molecule has 1 aromatic carbocycles. The second-order valence-corrected chi connectivity index (χ2v) is 7.57. The van der Waals surface area contributed by atoms with Crippen LogP contribution in [0, 0.1) is 5.92 Å². The molecule has 1 saturated heterocycles. The van der Waals surface area contributed by atoms with Crippen LogP contribution in [0.15, 0.2) is 30.3 Å². The van der Waals surface area contributed by atoms with Crippen molar-refractivity contribution in [3.05, 3.63) is 45.9 Å². The number of carbonyl (C=O) groups is 1. The summed E-state index contributed by atoms with van der Waals surface area (Å²) in [7, 11) is 0. The van der Waals surface area contributed by atoms with Crippen LogP contribution in [-0.4, -0.2) is 34.1 Å². The number of benzene rings is 1. The summed E-state index contributed by atoms with van der Waals surface area (Å²) in [5.41, 5.74) is 1.26. The Morgan fingerprint density at radius 2 is 2.09 bits per heavy atom. The monoisotopic (exact) mass is 329 g/mol. The molecule has 0 aliphatic carbocycles. The summed E-state index contributed by atoms with van der Waals surface area (Å²) in [4.78, 5) is 14.2. The zero-order chi connectivity index (χ0) is 16.2. The molecule has 23 heavy (non-hydrogen) atoms. The fraction of sp³-hybridized carbons (Fsp3) is 0.500. The van der Waals surface area contributed by atoms with Crippen LogP contribution < -0.4 is 0 Å². The Bertz CT molecular complexity index is 653. The largest absolute Gasteiger partial charge is 0.342 e. The molecule has 4 nitrogen and oxygen atoms in total. The van der Waals surface area contributed by atoms with Gasteiger partial charge in [0, 0.05) is 31.3 Å². The molecule has 1 aliphatic rings. The molecule has 3 rings (SSSR count). The maximum absolute atomic E-state index is 12.2. The Morgan fingerprint density at radius 1 is 1.30 bits per heavy atom. The SMILES string of the molecule is CC(C)C(=O)N1CCCC(c2nnc(Cc3ccccc3)s2)C1. The summed E-state index contributed by atoms with van der Waals surface area (Å²) in [5, 5.41) is 10.9. The van der Waals surface area contributed by atoms with E-state index in [4.69, 9.17) is 0 Å². The fourth-order valence-electron chi connectivity index (χ4n) is 3.02. The van der Waals surface area contributed by atoms with Crippen LogP contribution in [0.4, 0.5) is 0 Å². The fourth-order valence-corrected chi connectivity index (χ4v) is 4.02. The van der Waals surface area contributed by atoms with E-state index < -0.39 is 0 Å². The topological polar surface area (TPSA) is 46.1 Å². The van der Waals surface area contributed by atoms with Crippen molar-refractivity contribution < 1.29 is 4.79 Å². The minimum absolute atomic E-state index is 0.0665. The third-order valence-electron chi connectivity index (χ3n) is 4.26. The molecule has 2 heterocycles. The Hall–Kier alpha value is -1.75. The summed E-state index contributed by atoms with van der Waals surface area (Å²) in [6, 6.07) is 10.4. The van der Waals surface area contributed by atoms with E-state index in [2.05, 4.69) is 22.3 Å². The maximum atomic E-state index is 12.2. The lowest BCUT2D eigenvalue weighted by atomic mass is 9.97. The van der Waals surface area contributed by atoms with E-state index in [-0.39, 0.29) is 11.8 Å². The van der Waals surface area contributed by atoms with Crippen LogP contribution in [0.5, 0.6) is 0 Å². The molecule has 1 amide bonds. The van der Waals surface area contributed by atoms with Gasteiger partial charge in [-0.05, 0) is 18.4 Å². The van der Waals surface area contributed by atoms with Gasteiger partial charge in [0.15, 0.2) is 0 Å². The van der Waals surface area contributed by atoms with Gasteiger partial charge in [0.2, 0.25) is 5.91 Å². The van der Waals surface area contributed by atoms with Gasteiger partial charge < -0.3 is 4.90 Å². The van der Waals surface area contributed by atoms with E-state index >= 15 is 0 Å². The van der Waals surface area contributed by atoms with Crippen molar-refractivity contribution in [3.8, 4) is 0 Å². The van der Waals surface area contributed by atoms with Gasteiger partial charge in [-0.1, -0.05) is 44.2 Å². The first-order chi connectivity index (χ1) is 11.1. The Morgan fingerprint density at radius 3 is 2.83 bits per heavy atom. The van der Waals surface area contributed by atoms with Gasteiger partial charge in [-0.15, -0.1) is 21.5 Å². The average molecular weight is 329 g/mol. The molecule has 0 saturated carbocycles. The predicted octanol–water partition coefficient (Wildman–Crippen LogP) is 3.49. The van der Waals surface area contributed by atoms with E-state index in [1.165, 1.54) is 5.56 Å². The van der Waals surface area contributed by atoms with E-state index in [1.54, 1.807) is 11.3 Å². The summed E-state index contributed by atoms with van der Waals surface area (Å²) < 4.78 is 0. The normalized spacial score (nSPS) is 18.4. The molecule has 1 atom stereocenters. The second kappa shape index (κ2) is 7.21. The van der Waals surface area contributed by atoms with Crippen molar-refractivity contribution in [3.63, 3.8) is 0 Å². The molecule has 122 valence electrons. The molecule has 0 N–H and O–H groups in total. The first-order valence-corrected chi connectivity index (χ1v) is 9.10. The zero-order valence-corrected chi connectivity index (χ0v) is 14.6. The van der Waals surface area contributed by atoms with Crippen LogP contribution in [0.25, 0.3) is 0 Å². The van der Waals surface area contributed by atoms with E-state index in [0.717, 1.165) is 42.4 Å². The van der Waals surface area contributed by atoms with E-state index in [1.807, 2.05) is 36.9 Å². The Labute approximate surface area is 141 Å². The first kappa shape index (κ1) is 16.1. The number of carbonyl (C=O) groups excluding carboxylic acids is 1. The third-order valence-corrected chi connectivity index (χ3v) is 5.34. The highest BCUT2D eigenvalue weighted by Crippen LogP contribution is 2.30. The number of likely N-dealkylation sites (tertiary alicyclic amines) is 1. The van der Waals surface area contributed by atoms with E-state index in [0.29, 0.717) is 5.92 Å². The van der Waals surface area contributed by atoms with Crippen molar-refractivity contribution in [1.29, 1.82) is 0 Å². The molecule has 1 aliphatic heterocycles. The standard InChI is InChI=1S/C18H23N3OS/c1-13(2)18(22)21-10-6-9-15(12-21)17-20-19-16(23-17)11-14-7-4-3-5-8-14/h3-5,7-8,13,15H,6,9-12H2,1-2H3. The summed E-state index contributed by atoms with van der Waals surface area (Å²) in [5.74, 6) is 0.661. The number of piperidine rings is 1. The molecular weight excluding hydrogens is 306 g/mol. The maximum Gasteiger partial charge on any atom is 0.225 e. The lowest BCUT2D eigenvalue weighted by Gasteiger charge is -2.32. The average Bonchev–Trinajstić information content (AvgIpc) is 3.03. The van der Waals surface area contributed by atoms with Crippen LogP contribution in [-0.2, 0) is 11.2 Å². The number of rotatable bonds is 4. The zero-order valence-electron chi connectivity index (χ0n) is 13.7. The highest BCUT2D eigenvalue weighted by Gasteiger charge is 2.28. The molecule has 2 aromatic rings. The van der Waals surface area contributed by atoms with Crippen molar-refractivity contribution in [2.75, 3.05) is 13.1 Å². The van der Waals surface area contributed by atoms with Crippen molar-refractivity contribution in [1.82, 2.24) is 15.1 Å². The van der Waals surface area contributed by atoms with Gasteiger partial charge in [-0.25, -0.2) is 0 Å². The number of amides is 1. The molecule has 1 fully saturated rings. The highest BCUT2D eigenvalue weighted by atomic mass is 32.1. The van der Waals surface area contributed by atoms with Gasteiger partial charge in [0.1, 0.15) is 10.0 Å². The van der Waals surface area contributed by atoms with Crippen molar-refractivity contribution in [2.24, 2.45) is 5.92 Å². The molecular formula is C18H23N3OS. The summed E-state index contributed by atoms with van der Waals surface area (Å²) >= 11 is 1.70. The third kappa shape index (κ3) is 3.96. The van der Waals surface area contributed by atoms with Gasteiger partial charge in [-0.2, -0.15) is 0 Å². The number of hydrogen-bond donors (Lipinski definition) is 0. The molecule has 0 bridgehead atoms. The number of nitrogens with zero attached hydrogens (tertiary/aromatic N) is 3. The smallest absolute Gasteiger partial charge is 0.225 e. The van der Waals surface area contributed by atoms with Crippen LogP contribution in [0.1, 0.15) is 48.2 Å². The molecule has 1 aromatic heterocycles. The Balaban J connectivity index is 1.66. The first-order valence-electron chi connectivity index (χ1n) is 8.28. The summed E-state index contributed by atoms with van der Waals surface area (Å²) in [6.07, 6.45) is 2.98. The van der Waals surface area contributed by atoms with Crippen molar-refractivity contribution in [2.45, 2.75) is 39.0 Å². The van der Waals surface area contributed by atoms with Gasteiger partial charge in [0.05, 0.1) is 0 Å². The quantitative estimate of drug-likeness (QED) is 0.862. The van der Waals surface area contributed by atoms with Crippen LogP contribution >= 0.6 is 11.3 Å².